The molecule has 0 aromatic heterocycles. The highest BCUT2D eigenvalue weighted by Gasteiger charge is 2.32. The topological polar surface area (TPSA) is 86.8 Å². The zero-order chi connectivity index (χ0) is 20.3. The molecular weight excluding hydrogens is 378 g/mol. The van der Waals surface area contributed by atoms with Crippen molar-refractivity contribution in [1.29, 1.82) is 0 Å². The maximum absolute atomic E-state index is 12.5. The summed E-state index contributed by atoms with van der Waals surface area (Å²) in [5.74, 6) is 0.815. The Morgan fingerprint density at radius 1 is 1.14 bits per heavy atom. The van der Waals surface area contributed by atoms with Crippen LogP contribution >= 0.6 is 0 Å². The summed E-state index contributed by atoms with van der Waals surface area (Å²) < 4.78 is 25.6. The quantitative estimate of drug-likeness (QED) is 0.805. The van der Waals surface area contributed by atoms with Gasteiger partial charge in [0.1, 0.15) is 0 Å². The fourth-order valence-electron chi connectivity index (χ4n) is 4.21. The highest BCUT2D eigenvalue weighted by atomic mass is 32.2. The minimum absolute atomic E-state index is 0.0517. The van der Waals surface area contributed by atoms with Gasteiger partial charge in [0, 0.05) is 32.7 Å². The van der Waals surface area contributed by atoms with Crippen molar-refractivity contribution in [3.63, 3.8) is 0 Å². The zero-order valence-corrected chi connectivity index (χ0v) is 17.4. The van der Waals surface area contributed by atoms with E-state index in [-0.39, 0.29) is 22.9 Å². The van der Waals surface area contributed by atoms with Crippen LogP contribution in [0.1, 0.15) is 42.5 Å². The van der Waals surface area contributed by atoms with E-state index in [1.165, 1.54) is 58.0 Å². The highest BCUT2D eigenvalue weighted by Crippen LogP contribution is 2.35. The number of rotatable bonds is 5. The van der Waals surface area contributed by atoms with E-state index in [0.29, 0.717) is 5.92 Å². The molecule has 0 radical (unpaired) electrons. The van der Waals surface area contributed by atoms with Crippen LogP contribution in [0.15, 0.2) is 29.2 Å². The maximum Gasteiger partial charge on any atom is 0.251 e. The molecule has 2 amide bonds. The number of carbonyl (C=O) groups excluding carboxylic acids is 2. The minimum Gasteiger partial charge on any atom is -0.343 e. The Hall–Kier alpha value is -1.93. The number of piperidine rings is 1. The molecule has 0 bridgehead atoms. The molecule has 2 atom stereocenters. The summed E-state index contributed by atoms with van der Waals surface area (Å²) in [7, 11) is -0.733. The molecule has 154 valence electrons. The number of likely N-dealkylation sites (tertiary alicyclic amines) is 1. The molecule has 3 rings (SSSR count). The zero-order valence-electron chi connectivity index (χ0n) is 16.6. The van der Waals surface area contributed by atoms with E-state index >= 15 is 0 Å². The fourth-order valence-corrected chi connectivity index (χ4v) is 5.15. The van der Waals surface area contributed by atoms with Crippen molar-refractivity contribution in [1.82, 2.24) is 14.5 Å². The van der Waals surface area contributed by atoms with Gasteiger partial charge < -0.3 is 10.2 Å². The number of amides is 2. The average Bonchev–Trinajstić information content (AvgIpc) is 2.71. The first-order valence-corrected chi connectivity index (χ1v) is 11.3. The molecular formula is C20H29N3O4S. The van der Waals surface area contributed by atoms with E-state index < -0.39 is 15.9 Å². The van der Waals surface area contributed by atoms with E-state index in [1.54, 1.807) is 6.07 Å². The third-order valence-electron chi connectivity index (χ3n) is 5.92. The van der Waals surface area contributed by atoms with Gasteiger partial charge in [0.25, 0.3) is 5.91 Å². The Kier molecular flexibility index (Phi) is 6.40. The van der Waals surface area contributed by atoms with Crippen molar-refractivity contribution < 1.29 is 18.0 Å². The number of nitrogens with zero attached hydrogens (tertiary/aromatic N) is 2. The number of hydrogen-bond acceptors (Lipinski definition) is 4. The lowest BCUT2D eigenvalue weighted by molar-refractivity contribution is -0.133. The van der Waals surface area contributed by atoms with Crippen LogP contribution in [0.3, 0.4) is 0 Å². The summed E-state index contributed by atoms with van der Waals surface area (Å²) in [5.41, 5.74) is 0.224. The summed E-state index contributed by atoms with van der Waals surface area (Å²) in [6, 6.07) is 5.86. The molecule has 1 saturated carbocycles. The van der Waals surface area contributed by atoms with Crippen LogP contribution in [0.2, 0.25) is 0 Å². The molecule has 1 N–H and O–H groups in total. The largest absolute Gasteiger partial charge is 0.343 e. The number of hydrogen-bond donors (Lipinski definition) is 1. The number of nitrogens with one attached hydrogen (secondary N) is 1. The van der Waals surface area contributed by atoms with Gasteiger partial charge >= 0.3 is 0 Å². The van der Waals surface area contributed by atoms with E-state index in [4.69, 9.17) is 0 Å². The lowest BCUT2D eigenvalue weighted by Gasteiger charge is -2.41. The summed E-state index contributed by atoms with van der Waals surface area (Å²) in [4.78, 5) is 26.9. The van der Waals surface area contributed by atoms with Gasteiger partial charge in [0.2, 0.25) is 15.9 Å². The van der Waals surface area contributed by atoms with E-state index in [9.17, 15) is 18.0 Å². The Balaban J connectivity index is 1.57. The Morgan fingerprint density at radius 3 is 2.57 bits per heavy atom. The summed E-state index contributed by atoms with van der Waals surface area (Å²) in [6.07, 6.45) is 6.05. The number of fused-ring (bicyclic) bond motifs is 1. The molecule has 1 aromatic carbocycles. The monoisotopic (exact) mass is 407 g/mol. The molecule has 2 aliphatic rings. The van der Waals surface area contributed by atoms with Gasteiger partial charge in [-0.3, -0.25) is 9.59 Å². The van der Waals surface area contributed by atoms with Crippen LogP contribution in [0.5, 0.6) is 0 Å². The maximum atomic E-state index is 12.5. The number of carbonyl (C=O) groups is 2. The molecule has 1 aliphatic heterocycles. The predicted octanol–water partition coefficient (Wildman–Crippen LogP) is 1.71. The van der Waals surface area contributed by atoms with Crippen molar-refractivity contribution in [2.45, 2.75) is 37.0 Å². The number of benzene rings is 1. The highest BCUT2D eigenvalue weighted by molar-refractivity contribution is 7.89. The lowest BCUT2D eigenvalue weighted by atomic mass is 9.75. The van der Waals surface area contributed by atoms with Gasteiger partial charge in [0.05, 0.1) is 11.4 Å². The van der Waals surface area contributed by atoms with Crippen LogP contribution in [0, 0.1) is 11.8 Å². The van der Waals surface area contributed by atoms with Gasteiger partial charge in [-0.05, 0) is 42.9 Å². The molecule has 1 heterocycles. The van der Waals surface area contributed by atoms with Gasteiger partial charge in [-0.25, -0.2) is 12.7 Å². The van der Waals surface area contributed by atoms with Gasteiger partial charge in [0.15, 0.2) is 0 Å². The van der Waals surface area contributed by atoms with Crippen LogP contribution in [-0.4, -0.2) is 63.2 Å². The summed E-state index contributed by atoms with van der Waals surface area (Å²) in [5, 5.41) is 2.64. The van der Waals surface area contributed by atoms with Gasteiger partial charge in [-0.1, -0.05) is 25.3 Å². The van der Waals surface area contributed by atoms with Gasteiger partial charge in [-0.15, -0.1) is 0 Å². The third-order valence-corrected chi connectivity index (χ3v) is 7.73. The standard InChI is InChI=1S/C20H29N3O4S/c1-22(2)28(26,27)18-9-5-8-16(12-18)20(25)21-13-19(24)23-11-10-15-6-3-4-7-17(15)14-23/h5,8-9,12,15,17H,3-4,6-7,10-11,13-14H2,1-2H3,(H,21,25)/t15-,17+/m1/s1. The van der Waals surface area contributed by atoms with Crippen LogP contribution in [-0.2, 0) is 14.8 Å². The second-order valence-electron chi connectivity index (χ2n) is 7.93. The fraction of sp³-hybridized carbons (Fsp3) is 0.600. The SMILES string of the molecule is CN(C)S(=O)(=O)c1cccc(C(=O)NCC(=O)N2CC[C@H]3CCCC[C@H]3C2)c1. The average molecular weight is 408 g/mol. The van der Waals surface area contributed by atoms with Crippen molar-refractivity contribution >= 4 is 21.8 Å². The summed E-state index contributed by atoms with van der Waals surface area (Å²) >= 11 is 0. The second kappa shape index (κ2) is 8.61. The molecule has 0 unspecified atom stereocenters. The van der Waals surface area contributed by atoms with Crippen LogP contribution in [0.25, 0.3) is 0 Å². The van der Waals surface area contributed by atoms with Crippen LogP contribution < -0.4 is 5.32 Å². The molecule has 1 aromatic rings. The smallest absolute Gasteiger partial charge is 0.251 e. The minimum atomic E-state index is -3.61. The van der Waals surface area contributed by atoms with E-state index in [0.717, 1.165) is 29.7 Å². The lowest BCUT2D eigenvalue weighted by Crippen LogP contribution is -2.48. The third kappa shape index (κ3) is 4.55. The molecule has 1 aliphatic carbocycles. The number of sulfonamides is 1. The van der Waals surface area contributed by atoms with Crippen LogP contribution in [0.4, 0.5) is 0 Å². The Labute approximate surface area is 167 Å². The summed E-state index contributed by atoms with van der Waals surface area (Å²) in [6.45, 7) is 1.48. The van der Waals surface area contributed by atoms with Crippen molar-refractivity contribution in [2.75, 3.05) is 33.7 Å². The normalized spacial score (nSPS) is 22.6. The first-order chi connectivity index (χ1) is 13.3. The molecule has 1 saturated heterocycles. The van der Waals surface area contributed by atoms with E-state index in [2.05, 4.69) is 5.32 Å². The van der Waals surface area contributed by atoms with Gasteiger partial charge in [-0.2, -0.15) is 0 Å². The van der Waals surface area contributed by atoms with Crippen molar-refractivity contribution in [2.24, 2.45) is 11.8 Å². The van der Waals surface area contributed by atoms with E-state index in [1.807, 2.05) is 4.90 Å². The van der Waals surface area contributed by atoms with Crippen molar-refractivity contribution in [3.05, 3.63) is 29.8 Å². The molecule has 0 spiro atoms. The molecule has 8 heteroatoms. The predicted molar refractivity (Wildman–Crippen MR) is 106 cm³/mol. The Morgan fingerprint density at radius 2 is 1.86 bits per heavy atom. The molecule has 2 fully saturated rings. The second-order valence-corrected chi connectivity index (χ2v) is 10.1. The Bertz CT molecular complexity index is 838. The molecule has 7 nitrogen and oxygen atoms in total. The van der Waals surface area contributed by atoms with Crippen molar-refractivity contribution in [3.8, 4) is 0 Å². The molecule has 28 heavy (non-hydrogen) atoms. The first kappa shape index (κ1) is 20.8. The first-order valence-electron chi connectivity index (χ1n) is 9.87.